The van der Waals surface area contributed by atoms with Crippen LogP contribution >= 0.6 is 0 Å². The monoisotopic (exact) mass is 159 g/mol. The van der Waals surface area contributed by atoms with E-state index in [1.165, 1.54) is 6.92 Å². The van der Waals surface area contributed by atoms with Gasteiger partial charge in [-0.25, -0.2) is 0 Å². The summed E-state index contributed by atoms with van der Waals surface area (Å²) in [5.74, 6) is -0.190. The number of carbonyl (C=O) groups is 1. The fraction of sp³-hybridized carbons (Fsp3) is 0.875. The van der Waals surface area contributed by atoms with Crippen molar-refractivity contribution < 1.29 is 9.90 Å². The molecule has 0 bridgehead atoms. The van der Waals surface area contributed by atoms with E-state index in [0.717, 1.165) is 0 Å². The first-order chi connectivity index (χ1) is 4.80. The Morgan fingerprint density at radius 3 is 2.00 bits per heavy atom. The van der Waals surface area contributed by atoms with Gasteiger partial charge in [-0.1, -0.05) is 13.8 Å². The summed E-state index contributed by atoms with van der Waals surface area (Å²) in [5, 5.41) is 9.68. The highest BCUT2D eigenvalue weighted by Gasteiger charge is 2.34. The molecule has 0 aromatic rings. The maximum atomic E-state index is 10.8. The Morgan fingerprint density at radius 2 is 1.91 bits per heavy atom. The Bertz CT molecular complexity index is 152. The van der Waals surface area contributed by atoms with Gasteiger partial charge in [0.15, 0.2) is 0 Å². The van der Waals surface area contributed by atoms with Crippen molar-refractivity contribution in [1.82, 2.24) is 0 Å². The lowest BCUT2D eigenvalue weighted by Crippen LogP contribution is -2.53. The van der Waals surface area contributed by atoms with Crippen molar-refractivity contribution in [3.8, 4) is 0 Å². The lowest BCUT2D eigenvalue weighted by Gasteiger charge is -2.32. The molecule has 0 aromatic heterocycles. The first-order valence-corrected chi connectivity index (χ1v) is 3.78. The maximum absolute atomic E-state index is 10.8. The first-order valence-electron chi connectivity index (χ1n) is 3.78. The predicted molar refractivity (Wildman–Crippen MR) is 44.1 cm³/mol. The predicted octanol–water partition coefficient (Wildman–Crippen LogP) is 0.310. The second-order valence-electron chi connectivity index (χ2n) is 3.47. The number of hydrogen-bond acceptors (Lipinski definition) is 3. The van der Waals surface area contributed by atoms with Crippen molar-refractivity contribution in [2.75, 3.05) is 0 Å². The Balaban J connectivity index is 4.41. The van der Waals surface area contributed by atoms with Gasteiger partial charge in [0, 0.05) is 0 Å². The average Bonchev–Trinajstić information content (AvgIpc) is 1.85. The van der Waals surface area contributed by atoms with Crippen LogP contribution in [0.25, 0.3) is 0 Å². The molecule has 0 saturated carbocycles. The Morgan fingerprint density at radius 1 is 1.55 bits per heavy atom. The molecule has 0 aliphatic rings. The minimum atomic E-state index is -1.09. The number of rotatable bonds is 3. The van der Waals surface area contributed by atoms with Crippen molar-refractivity contribution in [3.63, 3.8) is 0 Å². The Hall–Kier alpha value is -0.410. The zero-order valence-corrected chi connectivity index (χ0v) is 7.59. The molecule has 0 unspecified atom stereocenters. The van der Waals surface area contributed by atoms with Gasteiger partial charge in [0.05, 0.1) is 11.6 Å². The standard InChI is InChI=1S/C8H17NO2/c1-5(2)8(4,11)7(9)6(3)10/h5,7,11H,9H2,1-4H3/t7-,8-/m1/s1. The minimum absolute atomic E-state index is 0.0126. The van der Waals surface area contributed by atoms with Gasteiger partial charge in [0.2, 0.25) is 0 Å². The molecule has 0 saturated heterocycles. The fourth-order valence-corrected chi connectivity index (χ4v) is 0.771. The van der Waals surface area contributed by atoms with Crippen LogP contribution < -0.4 is 5.73 Å². The maximum Gasteiger partial charge on any atom is 0.149 e. The largest absolute Gasteiger partial charge is 0.388 e. The van der Waals surface area contributed by atoms with E-state index < -0.39 is 11.6 Å². The van der Waals surface area contributed by atoms with E-state index in [4.69, 9.17) is 5.73 Å². The van der Waals surface area contributed by atoms with Crippen LogP contribution in [0.3, 0.4) is 0 Å². The SMILES string of the molecule is CC(=O)[C@@H](N)[C@](C)(O)C(C)C. The number of aliphatic hydroxyl groups is 1. The molecule has 0 rings (SSSR count). The second-order valence-corrected chi connectivity index (χ2v) is 3.47. The number of ketones is 1. The van der Waals surface area contributed by atoms with E-state index in [-0.39, 0.29) is 11.7 Å². The van der Waals surface area contributed by atoms with Gasteiger partial charge in [-0.3, -0.25) is 4.79 Å². The van der Waals surface area contributed by atoms with E-state index >= 15 is 0 Å². The molecule has 3 nitrogen and oxygen atoms in total. The molecule has 2 atom stereocenters. The van der Waals surface area contributed by atoms with Crippen LogP contribution in [-0.4, -0.2) is 22.5 Å². The molecular weight excluding hydrogens is 142 g/mol. The van der Waals surface area contributed by atoms with Crippen molar-refractivity contribution in [2.24, 2.45) is 11.7 Å². The van der Waals surface area contributed by atoms with E-state index in [1.807, 2.05) is 13.8 Å². The topological polar surface area (TPSA) is 63.3 Å². The van der Waals surface area contributed by atoms with Crippen molar-refractivity contribution in [2.45, 2.75) is 39.3 Å². The van der Waals surface area contributed by atoms with Crippen LogP contribution in [0.1, 0.15) is 27.7 Å². The molecular formula is C8H17NO2. The molecule has 0 aromatic carbocycles. The third-order valence-electron chi connectivity index (χ3n) is 2.24. The molecule has 0 aliphatic carbocycles. The molecule has 0 heterocycles. The normalized spacial score (nSPS) is 19.5. The Kier molecular flexibility index (Phi) is 3.20. The van der Waals surface area contributed by atoms with Gasteiger partial charge in [-0.2, -0.15) is 0 Å². The second kappa shape index (κ2) is 3.32. The highest BCUT2D eigenvalue weighted by Crippen LogP contribution is 2.19. The van der Waals surface area contributed by atoms with Crippen LogP contribution in [0, 0.1) is 5.92 Å². The molecule has 66 valence electrons. The van der Waals surface area contributed by atoms with E-state index in [2.05, 4.69) is 0 Å². The summed E-state index contributed by atoms with van der Waals surface area (Å²) in [7, 11) is 0. The Labute approximate surface area is 67.6 Å². The van der Waals surface area contributed by atoms with Crippen LogP contribution in [0.4, 0.5) is 0 Å². The summed E-state index contributed by atoms with van der Waals surface area (Å²) in [4.78, 5) is 10.8. The summed E-state index contributed by atoms with van der Waals surface area (Å²) in [6, 6.07) is -0.775. The van der Waals surface area contributed by atoms with Crippen LogP contribution in [0.2, 0.25) is 0 Å². The molecule has 0 spiro atoms. The number of hydrogen-bond donors (Lipinski definition) is 2. The lowest BCUT2D eigenvalue weighted by molar-refractivity contribution is -0.125. The van der Waals surface area contributed by atoms with Gasteiger partial charge >= 0.3 is 0 Å². The third-order valence-corrected chi connectivity index (χ3v) is 2.24. The summed E-state index contributed by atoms with van der Waals surface area (Å²) < 4.78 is 0. The summed E-state index contributed by atoms with van der Waals surface area (Å²) in [6.45, 7) is 6.65. The quantitative estimate of drug-likeness (QED) is 0.623. The molecule has 0 radical (unpaired) electrons. The lowest BCUT2D eigenvalue weighted by atomic mass is 9.84. The van der Waals surface area contributed by atoms with Crippen molar-refractivity contribution in [3.05, 3.63) is 0 Å². The first kappa shape index (κ1) is 10.6. The summed E-state index contributed by atoms with van der Waals surface area (Å²) >= 11 is 0. The third kappa shape index (κ3) is 2.27. The summed E-state index contributed by atoms with van der Waals surface area (Å²) in [6.07, 6.45) is 0. The van der Waals surface area contributed by atoms with E-state index in [0.29, 0.717) is 0 Å². The molecule has 0 fully saturated rings. The minimum Gasteiger partial charge on any atom is -0.388 e. The molecule has 0 amide bonds. The van der Waals surface area contributed by atoms with E-state index in [1.54, 1.807) is 6.92 Å². The summed E-state index contributed by atoms with van der Waals surface area (Å²) in [5.41, 5.74) is 4.40. The highest BCUT2D eigenvalue weighted by molar-refractivity contribution is 5.82. The van der Waals surface area contributed by atoms with Crippen LogP contribution in [-0.2, 0) is 4.79 Å². The average molecular weight is 159 g/mol. The number of Topliss-reactive ketones (excluding diaryl/α,β-unsaturated/α-hetero) is 1. The van der Waals surface area contributed by atoms with Crippen molar-refractivity contribution in [1.29, 1.82) is 0 Å². The number of carbonyl (C=O) groups excluding carboxylic acids is 1. The van der Waals surface area contributed by atoms with Gasteiger partial charge in [0.1, 0.15) is 5.78 Å². The smallest absolute Gasteiger partial charge is 0.149 e. The molecule has 3 heteroatoms. The molecule has 3 N–H and O–H groups in total. The van der Waals surface area contributed by atoms with Gasteiger partial charge in [-0.15, -0.1) is 0 Å². The van der Waals surface area contributed by atoms with E-state index in [9.17, 15) is 9.90 Å². The fourth-order valence-electron chi connectivity index (χ4n) is 0.771. The van der Waals surface area contributed by atoms with Crippen LogP contribution in [0.5, 0.6) is 0 Å². The zero-order valence-electron chi connectivity index (χ0n) is 7.59. The highest BCUT2D eigenvalue weighted by atomic mass is 16.3. The van der Waals surface area contributed by atoms with Crippen molar-refractivity contribution >= 4 is 5.78 Å². The molecule has 11 heavy (non-hydrogen) atoms. The zero-order chi connectivity index (χ0) is 9.23. The number of nitrogens with two attached hydrogens (primary N) is 1. The van der Waals surface area contributed by atoms with Gasteiger partial charge in [0.25, 0.3) is 0 Å². The van der Waals surface area contributed by atoms with Gasteiger partial charge in [-0.05, 0) is 19.8 Å². The molecule has 0 aliphatic heterocycles. The van der Waals surface area contributed by atoms with Crippen LogP contribution in [0.15, 0.2) is 0 Å². The van der Waals surface area contributed by atoms with Gasteiger partial charge < -0.3 is 10.8 Å².